The molecule has 0 heterocycles. The van der Waals surface area contributed by atoms with Crippen LogP contribution in [0.1, 0.15) is 98.8 Å². The molecule has 4 aliphatic carbocycles. The van der Waals surface area contributed by atoms with Gasteiger partial charge in [-0.25, -0.2) is 8.42 Å². The molecule has 1 amide bonds. The van der Waals surface area contributed by atoms with Gasteiger partial charge in [-0.1, -0.05) is 34.1 Å². The number of carbonyl (C=O) groups is 2. The molecule has 4 rings (SSSR count). The Hall–Kier alpha value is -0.150. The Kier molecular flexibility index (Phi) is 10.5. The minimum atomic E-state index is -4.32. The van der Waals surface area contributed by atoms with E-state index in [9.17, 15) is 22.6 Å². The SMILES string of the molecule is CC(=O)O[C@@H]1C[C@@H]2C[C@H](C)CC[C@]2(C)[C@H]2CC[C@]3(C)[C@@H]([C@H](C)CCC(=O)NCCS(=O)(=O)[O-])CC[C@H]3[C@H]12.[Na+]. The molecule has 38 heavy (non-hydrogen) atoms. The van der Waals surface area contributed by atoms with Crippen LogP contribution in [0, 0.1) is 52.3 Å². The van der Waals surface area contributed by atoms with Gasteiger partial charge in [0.1, 0.15) is 6.10 Å². The second-order valence-electron chi connectivity index (χ2n) is 13.6. The number of hydrogen-bond acceptors (Lipinski definition) is 6. The van der Waals surface area contributed by atoms with Crippen LogP contribution < -0.4 is 34.9 Å². The van der Waals surface area contributed by atoms with Crippen molar-refractivity contribution >= 4 is 22.0 Å². The molecule has 0 unspecified atom stereocenters. The number of fused-ring (bicyclic) bond motifs is 5. The van der Waals surface area contributed by atoms with Crippen LogP contribution in [0.4, 0.5) is 0 Å². The van der Waals surface area contributed by atoms with Gasteiger partial charge < -0.3 is 14.6 Å². The number of ether oxygens (including phenoxy) is 1. The van der Waals surface area contributed by atoms with Gasteiger partial charge in [-0.3, -0.25) is 9.59 Å². The summed E-state index contributed by atoms with van der Waals surface area (Å²) in [6.07, 6.45) is 10.7. The monoisotopic (exact) mass is 561 g/mol. The van der Waals surface area contributed by atoms with E-state index in [-0.39, 0.29) is 59.5 Å². The van der Waals surface area contributed by atoms with Crippen LogP contribution in [0.2, 0.25) is 0 Å². The third-order valence-corrected chi connectivity index (χ3v) is 12.2. The molecule has 0 aliphatic heterocycles. The van der Waals surface area contributed by atoms with E-state index in [2.05, 4.69) is 33.0 Å². The van der Waals surface area contributed by atoms with Crippen molar-refractivity contribution in [1.29, 1.82) is 0 Å². The van der Waals surface area contributed by atoms with Gasteiger partial charge in [0.05, 0.1) is 15.9 Å². The van der Waals surface area contributed by atoms with Crippen molar-refractivity contribution in [3.8, 4) is 0 Å². The van der Waals surface area contributed by atoms with Crippen LogP contribution in [-0.4, -0.2) is 43.2 Å². The molecule has 10 atom stereocenters. The zero-order valence-electron chi connectivity index (χ0n) is 24.5. The van der Waals surface area contributed by atoms with Gasteiger partial charge in [0, 0.05) is 25.8 Å². The summed E-state index contributed by atoms with van der Waals surface area (Å²) in [7, 11) is -4.32. The standard InChI is InChI=1S/C29H49NO6S.Na/c1-18-10-12-28(4)21(16-18)17-25(36-20(3)31)27-23-8-7-22(29(23,5)13-11-24(27)28)19(2)6-9-26(32)30-14-15-37(33,34)35;/h18-19,21-25,27H,6-17H2,1-5H3,(H,30,32)(H,33,34,35);/q;+1/p-1/t18-,19-,21+,22-,23+,24+,25-,27+,28+,29-;/m1./s1. The first-order chi connectivity index (χ1) is 17.2. The summed E-state index contributed by atoms with van der Waals surface area (Å²) in [5, 5.41) is 2.58. The van der Waals surface area contributed by atoms with E-state index in [0.29, 0.717) is 47.3 Å². The van der Waals surface area contributed by atoms with E-state index in [1.54, 1.807) is 6.92 Å². The zero-order valence-corrected chi connectivity index (χ0v) is 27.3. The molecule has 0 aromatic rings. The Labute approximate surface area is 252 Å². The fourth-order valence-corrected chi connectivity index (χ4v) is 10.0. The fourth-order valence-electron chi connectivity index (χ4n) is 9.69. The third-order valence-electron chi connectivity index (χ3n) is 11.5. The Morgan fingerprint density at radius 1 is 1.05 bits per heavy atom. The molecule has 4 aliphatic rings. The summed E-state index contributed by atoms with van der Waals surface area (Å²) in [6, 6.07) is 0. The van der Waals surface area contributed by atoms with Crippen molar-refractivity contribution in [3.63, 3.8) is 0 Å². The Bertz CT molecular complexity index is 974. The smallest absolute Gasteiger partial charge is 0.748 e. The summed E-state index contributed by atoms with van der Waals surface area (Å²) in [5.41, 5.74) is 0.520. The third kappa shape index (κ3) is 6.66. The first-order valence-corrected chi connectivity index (χ1v) is 16.2. The molecule has 1 N–H and O–H groups in total. The maximum Gasteiger partial charge on any atom is 1.00 e. The van der Waals surface area contributed by atoms with Gasteiger partial charge in [-0.05, 0) is 97.7 Å². The van der Waals surface area contributed by atoms with Crippen LogP contribution in [0.25, 0.3) is 0 Å². The number of amides is 1. The number of nitrogens with one attached hydrogen (secondary N) is 1. The Morgan fingerprint density at radius 2 is 1.71 bits per heavy atom. The van der Waals surface area contributed by atoms with Crippen LogP contribution in [0.15, 0.2) is 0 Å². The summed E-state index contributed by atoms with van der Waals surface area (Å²) >= 11 is 0. The summed E-state index contributed by atoms with van der Waals surface area (Å²) in [5.74, 6) is 2.94. The van der Waals surface area contributed by atoms with E-state index in [4.69, 9.17) is 4.74 Å². The molecule has 0 aromatic carbocycles. The van der Waals surface area contributed by atoms with Crippen LogP contribution in [0.5, 0.6) is 0 Å². The van der Waals surface area contributed by atoms with E-state index in [0.717, 1.165) is 31.6 Å². The molecule has 0 radical (unpaired) electrons. The van der Waals surface area contributed by atoms with E-state index < -0.39 is 15.9 Å². The number of esters is 1. The van der Waals surface area contributed by atoms with Crippen molar-refractivity contribution in [2.45, 2.75) is 105 Å². The molecule has 7 nitrogen and oxygen atoms in total. The first-order valence-electron chi connectivity index (χ1n) is 14.6. The van der Waals surface area contributed by atoms with Gasteiger partial charge in [-0.15, -0.1) is 0 Å². The molecule has 0 spiro atoms. The van der Waals surface area contributed by atoms with E-state index in [1.165, 1.54) is 32.1 Å². The van der Waals surface area contributed by atoms with Crippen molar-refractivity contribution in [3.05, 3.63) is 0 Å². The van der Waals surface area contributed by atoms with Crippen LogP contribution in [-0.2, 0) is 24.4 Å². The Balaban J connectivity index is 0.00000400. The van der Waals surface area contributed by atoms with E-state index in [1.807, 2.05) is 0 Å². The van der Waals surface area contributed by atoms with Crippen molar-refractivity contribution in [2.24, 2.45) is 52.3 Å². The molecular formula is C29H48NNaO6S. The maximum atomic E-state index is 12.3. The average Bonchev–Trinajstić information content (AvgIpc) is 3.14. The average molecular weight is 562 g/mol. The Morgan fingerprint density at radius 3 is 2.37 bits per heavy atom. The number of rotatable bonds is 8. The second-order valence-corrected chi connectivity index (χ2v) is 15.1. The van der Waals surface area contributed by atoms with Gasteiger partial charge in [0.15, 0.2) is 0 Å². The van der Waals surface area contributed by atoms with E-state index >= 15 is 0 Å². The predicted molar refractivity (Wildman–Crippen MR) is 141 cm³/mol. The van der Waals surface area contributed by atoms with Crippen molar-refractivity contribution in [2.75, 3.05) is 12.3 Å². The topological polar surface area (TPSA) is 113 Å². The van der Waals surface area contributed by atoms with Gasteiger partial charge in [0.25, 0.3) is 0 Å². The van der Waals surface area contributed by atoms with Gasteiger partial charge in [-0.2, -0.15) is 0 Å². The quantitative estimate of drug-likeness (QED) is 0.275. The minimum Gasteiger partial charge on any atom is -0.748 e. The largest absolute Gasteiger partial charge is 1.00 e. The first kappa shape index (κ1) is 32.4. The maximum absolute atomic E-state index is 12.3. The minimum absolute atomic E-state index is 0. The molecule has 9 heteroatoms. The van der Waals surface area contributed by atoms with Gasteiger partial charge in [0.2, 0.25) is 5.91 Å². The summed E-state index contributed by atoms with van der Waals surface area (Å²) in [6.45, 7) is 11.1. The predicted octanol–water partition coefficient (Wildman–Crippen LogP) is 1.90. The fraction of sp³-hybridized carbons (Fsp3) is 0.931. The normalized spacial score (nSPS) is 41.1. The molecule has 4 fully saturated rings. The molecule has 0 saturated heterocycles. The van der Waals surface area contributed by atoms with Crippen molar-refractivity contribution < 1.29 is 56.9 Å². The molecule has 0 bridgehead atoms. The summed E-state index contributed by atoms with van der Waals surface area (Å²) in [4.78, 5) is 24.5. The molecule has 212 valence electrons. The van der Waals surface area contributed by atoms with Crippen LogP contribution >= 0.6 is 0 Å². The van der Waals surface area contributed by atoms with Gasteiger partial charge >= 0.3 is 35.5 Å². The number of hydrogen-bond donors (Lipinski definition) is 1. The zero-order chi connectivity index (χ0) is 27.2. The molecular weight excluding hydrogens is 513 g/mol. The van der Waals surface area contributed by atoms with Crippen LogP contribution in [0.3, 0.4) is 0 Å². The van der Waals surface area contributed by atoms with Crippen molar-refractivity contribution in [1.82, 2.24) is 5.32 Å². The second kappa shape index (κ2) is 12.4. The summed E-state index contributed by atoms with van der Waals surface area (Å²) < 4.78 is 38.5. The molecule has 0 aromatic heterocycles. The molecule has 4 saturated carbocycles. The number of carbonyl (C=O) groups excluding carboxylic acids is 2.